The van der Waals surface area contributed by atoms with E-state index < -0.39 is 5.54 Å². The summed E-state index contributed by atoms with van der Waals surface area (Å²) in [7, 11) is 1.63. The zero-order valence-corrected chi connectivity index (χ0v) is 13.8. The minimum Gasteiger partial charge on any atom is -0.497 e. The molecule has 0 heterocycles. The van der Waals surface area contributed by atoms with E-state index in [9.17, 15) is 10.1 Å². The van der Waals surface area contributed by atoms with E-state index in [0.29, 0.717) is 5.75 Å². The Balaban J connectivity index is 2.45. The first-order valence-corrected chi connectivity index (χ1v) is 7.99. The predicted molar refractivity (Wildman–Crippen MR) is 86.2 cm³/mol. The van der Waals surface area contributed by atoms with Gasteiger partial charge < -0.3 is 10.1 Å². The molecule has 0 unspecified atom stereocenters. The summed E-state index contributed by atoms with van der Waals surface area (Å²) in [6.07, 6.45) is 0. The largest absolute Gasteiger partial charge is 0.497 e. The Morgan fingerprint density at radius 1 is 1.52 bits per heavy atom. The van der Waals surface area contributed by atoms with Crippen molar-refractivity contribution in [3.05, 3.63) is 29.8 Å². The third-order valence-electron chi connectivity index (χ3n) is 3.42. The molecule has 0 aliphatic rings. The molecule has 1 rings (SSSR count). The van der Waals surface area contributed by atoms with E-state index in [2.05, 4.69) is 11.4 Å². The molecule has 1 aromatic carbocycles. The van der Waals surface area contributed by atoms with Gasteiger partial charge in [-0.3, -0.25) is 4.79 Å². The summed E-state index contributed by atoms with van der Waals surface area (Å²) >= 11 is 1.52. The lowest BCUT2D eigenvalue weighted by molar-refractivity contribution is -0.120. The highest BCUT2D eigenvalue weighted by molar-refractivity contribution is 7.99. The van der Waals surface area contributed by atoms with Gasteiger partial charge in [0, 0.05) is 5.75 Å². The van der Waals surface area contributed by atoms with Crippen LogP contribution in [0.1, 0.15) is 26.3 Å². The minimum absolute atomic E-state index is 0.0647. The molecule has 0 spiro atoms. The number of methoxy groups -OCH3 is 1. The van der Waals surface area contributed by atoms with Crippen LogP contribution in [0.25, 0.3) is 0 Å². The molecule has 21 heavy (non-hydrogen) atoms. The molecule has 0 saturated heterocycles. The average Bonchev–Trinajstić information content (AvgIpc) is 2.47. The number of nitrogens with one attached hydrogen (secondary N) is 1. The standard InChI is InChI=1S/C16H22N2O2S/c1-12(2)16(3,11-17)18-15(19)10-21-9-13-6-5-7-14(8-13)20-4/h5-8,12H,9-10H2,1-4H3,(H,18,19)/t16-/m0/s1. The van der Waals surface area contributed by atoms with Gasteiger partial charge in [-0.15, -0.1) is 11.8 Å². The van der Waals surface area contributed by atoms with Crippen LogP contribution in [0.5, 0.6) is 5.75 Å². The van der Waals surface area contributed by atoms with E-state index in [1.807, 2.05) is 38.1 Å². The van der Waals surface area contributed by atoms with Crippen molar-refractivity contribution < 1.29 is 9.53 Å². The molecule has 5 heteroatoms. The number of nitriles is 1. The van der Waals surface area contributed by atoms with E-state index in [0.717, 1.165) is 17.1 Å². The van der Waals surface area contributed by atoms with E-state index in [-0.39, 0.29) is 11.8 Å². The van der Waals surface area contributed by atoms with Crippen LogP contribution < -0.4 is 10.1 Å². The monoisotopic (exact) mass is 306 g/mol. The van der Waals surface area contributed by atoms with Gasteiger partial charge in [-0.05, 0) is 30.5 Å². The van der Waals surface area contributed by atoms with Gasteiger partial charge in [0.2, 0.25) is 5.91 Å². The summed E-state index contributed by atoms with van der Waals surface area (Å²) < 4.78 is 5.16. The van der Waals surface area contributed by atoms with Crippen molar-refractivity contribution in [1.29, 1.82) is 5.26 Å². The molecule has 0 aliphatic heterocycles. The van der Waals surface area contributed by atoms with Gasteiger partial charge in [-0.25, -0.2) is 0 Å². The summed E-state index contributed by atoms with van der Waals surface area (Å²) in [6, 6.07) is 9.95. The summed E-state index contributed by atoms with van der Waals surface area (Å²) in [4.78, 5) is 11.9. The summed E-state index contributed by atoms with van der Waals surface area (Å²) in [5.41, 5.74) is 0.298. The molecule has 0 saturated carbocycles. The molecule has 4 nitrogen and oxygen atoms in total. The van der Waals surface area contributed by atoms with Crippen molar-refractivity contribution in [2.75, 3.05) is 12.9 Å². The highest BCUT2D eigenvalue weighted by Crippen LogP contribution is 2.19. The number of rotatable bonds is 7. The van der Waals surface area contributed by atoms with Crippen LogP contribution in [0.3, 0.4) is 0 Å². The zero-order valence-electron chi connectivity index (χ0n) is 13.0. The first kappa shape index (κ1) is 17.4. The number of benzene rings is 1. The van der Waals surface area contributed by atoms with E-state index in [4.69, 9.17) is 4.74 Å². The Morgan fingerprint density at radius 2 is 2.24 bits per heavy atom. The Morgan fingerprint density at radius 3 is 2.81 bits per heavy atom. The van der Waals surface area contributed by atoms with Gasteiger partial charge in [-0.1, -0.05) is 26.0 Å². The summed E-state index contributed by atoms with van der Waals surface area (Å²) in [5, 5.41) is 12.0. The maximum Gasteiger partial charge on any atom is 0.231 e. The fraction of sp³-hybridized carbons (Fsp3) is 0.500. The quantitative estimate of drug-likeness (QED) is 0.841. The highest BCUT2D eigenvalue weighted by Gasteiger charge is 2.29. The number of carbonyl (C=O) groups is 1. The first-order chi connectivity index (χ1) is 9.91. The summed E-state index contributed by atoms with van der Waals surface area (Å²) in [6.45, 7) is 5.60. The number of carbonyl (C=O) groups excluding carboxylic acids is 1. The number of hydrogen-bond donors (Lipinski definition) is 1. The predicted octanol–water partition coefficient (Wildman–Crippen LogP) is 2.98. The number of ether oxygens (including phenoxy) is 1. The molecule has 1 amide bonds. The second-order valence-electron chi connectivity index (χ2n) is 5.36. The van der Waals surface area contributed by atoms with Crippen molar-refractivity contribution in [3.8, 4) is 11.8 Å². The molecule has 114 valence electrons. The van der Waals surface area contributed by atoms with E-state index >= 15 is 0 Å². The topological polar surface area (TPSA) is 62.1 Å². The first-order valence-electron chi connectivity index (χ1n) is 6.84. The molecule has 0 fully saturated rings. The van der Waals surface area contributed by atoms with Crippen molar-refractivity contribution in [2.45, 2.75) is 32.1 Å². The molecule has 0 bridgehead atoms. The number of nitrogens with zero attached hydrogens (tertiary/aromatic N) is 1. The Kier molecular flexibility index (Phi) is 6.57. The molecule has 1 atom stereocenters. The van der Waals surface area contributed by atoms with E-state index in [1.165, 1.54) is 11.8 Å². The van der Waals surface area contributed by atoms with Crippen molar-refractivity contribution in [3.63, 3.8) is 0 Å². The molecule has 0 aromatic heterocycles. The van der Waals surface area contributed by atoms with Gasteiger partial charge in [-0.2, -0.15) is 5.26 Å². The third kappa shape index (κ3) is 5.31. The van der Waals surface area contributed by atoms with Crippen LogP contribution in [0.4, 0.5) is 0 Å². The number of amides is 1. The molecular formula is C16H22N2O2S. The molecule has 0 aliphatic carbocycles. The molecule has 1 N–H and O–H groups in total. The number of hydrogen-bond acceptors (Lipinski definition) is 4. The Labute approximate surface area is 130 Å². The van der Waals surface area contributed by atoms with Gasteiger partial charge >= 0.3 is 0 Å². The van der Waals surface area contributed by atoms with Crippen molar-refractivity contribution in [1.82, 2.24) is 5.32 Å². The SMILES string of the molecule is COc1cccc(CSCC(=O)N[C@@](C)(C#N)C(C)C)c1. The van der Waals surface area contributed by atoms with Crippen LogP contribution in [0.15, 0.2) is 24.3 Å². The second-order valence-corrected chi connectivity index (χ2v) is 6.35. The van der Waals surface area contributed by atoms with Crippen LogP contribution in [-0.2, 0) is 10.5 Å². The maximum absolute atomic E-state index is 11.9. The third-order valence-corrected chi connectivity index (χ3v) is 4.43. The van der Waals surface area contributed by atoms with Crippen LogP contribution in [0, 0.1) is 17.2 Å². The zero-order chi connectivity index (χ0) is 15.9. The van der Waals surface area contributed by atoms with Gasteiger partial charge in [0.1, 0.15) is 11.3 Å². The maximum atomic E-state index is 11.9. The van der Waals surface area contributed by atoms with Crippen molar-refractivity contribution >= 4 is 17.7 Å². The normalized spacial score (nSPS) is 13.3. The van der Waals surface area contributed by atoms with Crippen LogP contribution in [0.2, 0.25) is 0 Å². The lowest BCUT2D eigenvalue weighted by atomic mass is 9.90. The lowest BCUT2D eigenvalue weighted by Gasteiger charge is -2.27. The van der Waals surface area contributed by atoms with Gasteiger partial charge in [0.25, 0.3) is 0 Å². The fourth-order valence-corrected chi connectivity index (χ4v) is 2.43. The average molecular weight is 306 g/mol. The fourth-order valence-electron chi connectivity index (χ4n) is 1.65. The van der Waals surface area contributed by atoms with Crippen molar-refractivity contribution in [2.24, 2.45) is 5.92 Å². The molecular weight excluding hydrogens is 284 g/mol. The molecule has 0 radical (unpaired) electrons. The van der Waals surface area contributed by atoms with Crippen LogP contribution >= 0.6 is 11.8 Å². The molecule has 1 aromatic rings. The van der Waals surface area contributed by atoms with Gasteiger partial charge in [0.05, 0.1) is 18.9 Å². The Hall–Kier alpha value is -1.67. The highest BCUT2D eigenvalue weighted by atomic mass is 32.2. The Bertz CT molecular complexity index is 525. The minimum atomic E-state index is -0.812. The summed E-state index contributed by atoms with van der Waals surface area (Å²) in [5.74, 6) is 1.83. The second kappa shape index (κ2) is 7.94. The van der Waals surface area contributed by atoms with Crippen LogP contribution in [-0.4, -0.2) is 24.3 Å². The lowest BCUT2D eigenvalue weighted by Crippen LogP contribution is -2.49. The van der Waals surface area contributed by atoms with E-state index in [1.54, 1.807) is 14.0 Å². The number of thioether (sulfide) groups is 1. The smallest absolute Gasteiger partial charge is 0.231 e. The van der Waals surface area contributed by atoms with Gasteiger partial charge in [0.15, 0.2) is 0 Å².